The number of hydrogen-bond donors (Lipinski definition) is 3. The standard InChI is InChI=1S/C23H27N5OS2/c1-17-12-14-21(15-13-17)31(29)27-22(24-2)23(28(3)20-10-5-4-6-11-20)25-18-8-7-9-19(16-18)26-30/h4-8,10-16,23,26,30H,9H2,1-3H3,(H,24,27)/b25-18+. The number of likely N-dealkylation sites (N-methyl/N-ethyl adjacent to an activating group) is 1. The normalized spacial score (nSPS) is 17.1. The van der Waals surface area contributed by atoms with Crippen LogP contribution < -0.4 is 14.3 Å². The number of allylic oxidation sites excluding steroid dienone is 3. The van der Waals surface area contributed by atoms with E-state index in [1.165, 1.54) is 0 Å². The molecule has 6 nitrogen and oxygen atoms in total. The highest BCUT2D eigenvalue weighted by Crippen LogP contribution is 2.18. The topological polar surface area (TPSA) is 69.1 Å². The van der Waals surface area contributed by atoms with Crippen molar-refractivity contribution in [3.05, 3.63) is 84.1 Å². The summed E-state index contributed by atoms with van der Waals surface area (Å²) in [4.78, 5) is 12.0. The number of para-hydroxylation sites is 1. The van der Waals surface area contributed by atoms with Crippen molar-refractivity contribution in [1.82, 2.24) is 9.44 Å². The van der Waals surface area contributed by atoms with Crippen LogP contribution in [0.4, 0.5) is 5.69 Å². The minimum absolute atomic E-state index is 0.503. The molecule has 0 fully saturated rings. The lowest BCUT2D eigenvalue weighted by Crippen LogP contribution is -2.45. The molecule has 2 aromatic carbocycles. The average Bonchev–Trinajstić information content (AvgIpc) is 2.81. The van der Waals surface area contributed by atoms with Gasteiger partial charge in [0.05, 0.1) is 10.6 Å². The largest absolute Gasteiger partial charge is 0.347 e. The fourth-order valence-corrected chi connectivity index (χ4v) is 4.10. The van der Waals surface area contributed by atoms with Gasteiger partial charge in [0.25, 0.3) is 0 Å². The van der Waals surface area contributed by atoms with Crippen LogP contribution in [0.25, 0.3) is 0 Å². The lowest BCUT2D eigenvalue weighted by atomic mass is 10.1. The van der Waals surface area contributed by atoms with Gasteiger partial charge < -0.3 is 9.62 Å². The molecule has 1 aliphatic carbocycles. The SMILES string of the molecule is CN=C(NS(=O)c1ccc(C)cc1)C(/N=C1\C=CCC(NS)=C1)N(C)c1ccccc1. The first-order valence-corrected chi connectivity index (χ1v) is 11.5. The molecule has 0 radical (unpaired) electrons. The molecular weight excluding hydrogens is 426 g/mol. The number of nitrogens with one attached hydrogen (secondary N) is 2. The highest BCUT2D eigenvalue weighted by molar-refractivity contribution is 7.83. The summed E-state index contributed by atoms with van der Waals surface area (Å²) in [7, 11) is 2.15. The van der Waals surface area contributed by atoms with E-state index in [0.717, 1.165) is 29.1 Å². The maximum atomic E-state index is 13.0. The molecule has 2 aromatic rings. The van der Waals surface area contributed by atoms with Crippen molar-refractivity contribution in [2.24, 2.45) is 9.98 Å². The highest BCUT2D eigenvalue weighted by Gasteiger charge is 2.23. The van der Waals surface area contributed by atoms with Crippen LogP contribution in [0.1, 0.15) is 12.0 Å². The molecule has 31 heavy (non-hydrogen) atoms. The Kier molecular flexibility index (Phi) is 8.08. The molecular formula is C23H27N5OS2. The third kappa shape index (κ3) is 6.08. The zero-order valence-electron chi connectivity index (χ0n) is 17.8. The monoisotopic (exact) mass is 453 g/mol. The second-order valence-corrected chi connectivity index (χ2v) is 8.49. The smallest absolute Gasteiger partial charge is 0.180 e. The maximum absolute atomic E-state index is 13.0. The predicted octanol–water partition coefficient (Wildman–Crippen LogP) is 3.82. The molecule has 8 heteroatoms. The Morgan fingerprint density at radius 3 is 2.52 bits per heavy atom. The number of anilines is 1. The third-order valence-electron chi connectivity index (χ3n) is 4.81. The summed E-state index contributed by atoms with van der Waals surface area (Å²) in [6, 6.07) is 17.5. The highest BCUT2D eigenvalue weighted by atomic mass is 32.2. The number of amidine groups is 1. The van der Waals surface area contributed by atoms with Crippen LogP contribution in [0.2, 0.25) is 0 Å². The van der Waals surface area contributed by atoms with Crippen molar-refractivity contribution in [3.8, 4) is 0 Å². The Labute approximate surface area is 192 Å². The number of aryl methyl sites for hydroxylation is 1. The first kappa shape index (κ1) is 22.8. The zero-order chi connectivity index (χ0) is 22.2. The van der Waals surface area contributed by atoms with E-state index in [1.54, 1.807) is 7.05 Å². The van der Waals surface area contributed by atoms with Gasteiger partial charge in [-0.05, 0) is 43.3 Å². The second-order valence-electron chi connectivity index (χ2n) is 7.05. The second kappa shape index (κ2) is 11.0. The van der Waals surface area contributed by atoms with E-state index in [0.29, 0.717) is 10.7 Å². The van der Waals surface area contributed by atoms with Crippen molar-refractivity contribution < 1.29 is 4.21 Å². The molecule has 0 aromatic heterocycles. The Hall–Kier alpha value is -2.84. The molecule has 162 valence electrons. The fourth-order valence-electron chi connectivity index (χ4n) is 3.06. The third-order valence-corrected chi connectivity index (χ3v) is 6.19. The zero-order valence-corrected chi connectivity index (χ0v) is 19.5. The first-order valence-electron chi connectivity index (χ1n) is 9.86. The summed E-state index contributed by atoms with van der Waals surface area (Å²) < 4.78 is 18.9. The van der Waals surface area contributed by atoms with Gasteiger partial charge in [-0.25, -0.2) is 4.21 Å². The summed E-state index contributed by atoms with van der Waals surface area (Å²) in [6.07, 6.45) is 6.20. The van der Waals surface area contributed by atoms with E-state index < -0.39 is 17.2 Å². The lowest BCUT2D eigenvalue weighted by molar-refractivity contribution is 0.679. The minimum atomic E-state index is -1.46. The van der Waals surface area contributed by atoms with E-state index in [-0.39, 0.29) is 0 Å². The van der Waals surface area contributed by atoms with Crippen LogP contribution in [0.3, 0.4) is 0 Å². The summed E-state index contributed by atoms with van der Waals surface area (Å²) in [5.41, 5.74) is 3.82. The quantitative estimate of drug-likeness (QED) is 0.339. The van der Waals surface area contributed by atoms with Crippen LogP contribution in [0.15, 0.2) is 93.4 Å². The molecule has 1 aliphatic rings. The average molecular weight is 454 g/mol. The molecule has 0 amide bonds. The van der Waals surface area contributed by atoms with Gasteiger partial charge in [-0.3, -0.25) is 14.7 Å². The Morgan fingerprint density at radius 1 is 1.16 bits per heavy atom. The van der Waals surface area contributed by atoms with Crippen LogP contribution in [0.5, 0.6) is 0 Å². The fraction of sp³-hybridized carbons (Fsp3) is 0.217. The lowest BCUT2D eigenvalue weighted by Gasteiger charge is -2.29. The number of aliphatic imine (C=N–C) groups is 2. The molecule has 0 spiro atoms. The number of hydrogen-bond acceptors (Lipinski definition) is 6. The van der Waals surface area contributed by atoms with Gasteiger partial charge in [-0.15, -0.1) is 0 Å². The van der Waals surface area contributed by atoms with Crippen molar-refractivity contribution >= 4 is 41.0 Å². The van der Waals surface area contributed by atoms with Crippen LogP contribution in [-0.2, 0) is 11.0 Å². The van der Waals surface area contributed by atoms with Crippen molar-refractivity contribution in [2.45, 2.75) is 24.4 Å². The Bertz CT molecular complexity index is 1030. The van der Waals surface area contributed by atoms with Crippen LogP contribution >= 0.6 is 12.8 Å². The van der Waals surface area contributed by atoms with Gasteiger partial charge in [0.2, 0.25) is 0 Å². The molecule has 2 unspecified atom stereocenters. The Balaban J connectivity index is 1.94. The van der Waals surface area contributed by atoms with Gasteiger partial charge in [0.15, 0.2) is 23.0 Å². The molecule has 0 saturated carbocycles. The predicted molar refractivity (Wildman–Crippen MR) is 134 cm³/mol. The summed E-state index contributed by atoms with van der Waals surface area (Å²) in [5.74, 6) is 0.505. The van der Waals surface area contributed by atoms with Gasteiger partial charge in [-0.1, -0.05) is 54.8 Å². The van der Waals surface area contributed by atoms with Gasteiger partial charge in [0, 0.05) is 31.9 Å². The molecule has 0 saturated heterocycles. The molecule has 0 aliphatic heterocycles. The van der Waals surface area contributed by atoms with Gasteiger partial charge in [0.1, 0.15) is 0 Å². The van der Waals surface area contributed by atoms with Crippen LogP contribution in [0, 0.1) is 6.92 Å². The van der Waals surface area contributed by atoms with Crippen molar-refractivity contribution in [3.63, 3.8) is 0 Å². The van der Waals surface area contributed by atoms with Crippen molar-refractivity contribution in [1.29, 1.82) is 0 Å². The summed E-state index contributed by atoms with van der Waals surface area (Å²) in [6.45, 7) is 2.00. The van der Waals surface area contributed by atoms with Gasteiger partial charge in [-0.2, -0.15) is 0 Å². The molecule has 0 bridgehead atoms. The number of thiol groups is 1. The first-order chi connectivity index (χ1) is 15.0. The maximum Gasteiger partial charge on any atom is 0.180 e. The Morgan fingerprint density at radius 2 is 1.87 bits per heavy atom. The molecule has 3 rings (SSSR count). The molecule has 2 N–H and O–H groups in total. The summed E-state index contributed by atoms with van der Waals surface area (Å²) >= 11 is 4.15. The number of rotatable bonds is 7. The number of benzene rings is 2. The minimum Gasteiger partial charge on any atom is -0.347 e. The van der Waals surface area contributed by atoms with E-state index >= 15 is 0 Å². The van der Waals surface area contributed by atoms with Crippen molar-refractivity contribution in [2.75, 3.05) is 19.0 Å². The van der Waals surface area contributed by atoms with E-state index in [9.17, 15) is 4.21 Å². The van der Waals surface area contributed by atoms with Gasteiger partial charge >= 0.3 is 0 Å². The number of nitrogens with zero attached hydrogens (tertiary/aromatic N) is 3. The van der Waals surface area contributed by atoms with E-state index in [4.69, 9.17) is 4.99 Å². The van der Waals surface area contributed by atoms with Crippen LogP contribution in [-0.4, -0.2) is 36.0 Å². The van der Waals surface area contributed by atoms with E-state index in [1.807, 2.05) is 91.7 Å². The van der Waals surface area contributed by atoms with E-state index in [2.05, 4.69) is 27.3 Å². The summed E-state index contributed by atoms with van der Waals surface area (Å²) in [5, 5.41) is 0. The molecule has 2 atom stereocenters. The molecule has 0 heterocycles.